The van der Waals surface area contributed by atoms with Gasteiger partial charge in [0.15, 0.2) is 0 Å². The predicted octanol–water partition coefficient (Wildman–Crippen LogP) is 0.480. The molecule has 1 aromatic carbocycles. The number of carbonyl (C=O) groups is 1. The maximum absolute atomic E-state index is 13.1. The standard InChI is InChI=1S/C11H13FN2O3S/c1-18(16,17)13-9-6-11(15)14(7-9)10-4-2-3-8(12)5-10/h2-5,9,13H,6-7H2,1H3/t9-/m0/s1. The average molecular weight is 272 g/mol. The number of sulfonamides is 1. The van der Waals surface area contributed by atoms with Crippen LogP contribution < -0.4 is 9.62 Å². The number of nitrogens with zero attached hydrogens (tertiary/aromatic N) is 1. The van der Waals surface area contributed by atoms with E-state index in [0.29, 0.717) is 5.69 Å². The van der Waals surface area contributed by atoms with E-state index in [1.807, 2.05) is 0 Å². The molecule has 0 saturated carbocycles. The van der Waals surface area contributed by atoms with Gasteiger partial charge in [-0.25, -0.2) is 17.5 Å². The summed E-state index contributed by atoms with van der Waals surface area (Å²) in [5.74, 6) is -0.651. The number of halogens is 1. The fourth-order valence-corrected chi connectivity index (χ4v) is 2.75. The van der Waals surface area contributed by atoms with Gasteiger partial charge in [0.2, 0.25) is 15.9 Å². The zero-order valence-corrected chi connectivity index (χ0v) is 10.6. The maximum atomic E-state index is 13.1. The Balaban J connectivity index is 2.15. The molecular formula is C11H13FN2O3S. The highest BCUT2D eigenvalue weighted by Gasteiger charge is 2.32. The van der Waals surface area contributed by atoms with Gasteiger partial charge >= 0.3 is 0 Å². The third kappa shape index (κ3) is 3.05. The lowest BCUT2D eigenvalue weighted by atomic mass is 10.3. The molecule has 0 spiro atoms. The molecule has 18 heavy (non-hydrogen) atoms. The summed E-state index contributed by atoms with van der Waals surface area (Å²) < 4.78 is 37.6. The zero-order valence-electron chi connectivity index (χ0n) is 9.76. The summed E-state index contributed by atoms with van der Waals surface area (Å²) in [5, 5.41) is 0. The van der Waals surface area contributed by atoms with Crippen LogP contribution in [0.5, 0.6) is 0 Å². The molecule has 0 aliphatic carbocycles. The van der Waals surface area contributed by atoms with E-state index in [1.54, 1.807) is 6.07 Å². The molecule has 98 valence electrons. The summed E-state index contributed by atoms with van der Waals surface area (Å²) in [6.45, 7) is 0.218. The fourth-order valence-electron chi connectivity index (χ4n) is 1.98. The molecule has 1 saturated heterocycles. The van der Waals surface area contributed by atoms with E-state index < -0.39 is 21.9 Å². The van der Waals surface area contributed by atoms with Crippen LogP contribution >= 0.6 is 0 Å². The van der Waals surface area contributed by atoms with Crippen LogP contribution in [0.4, 0.5) is 10.1 Å². The van der Waals surface area contributed by atoms with E-state index in [-0.39, 0.29) is 18.9 Å². The fraction of sp³-hybridized carbons (Fsp3) is 0.364. The van der Waals surface area contributed by atoms with Crippen molar-refractivity contribution in [3.63, 3.8) is 0 Å². The predicted molar refractivity (Wildman–Crippen MR) is 65.1 cm³/mol. The summed E-state index contributed by atoms with van der Waals surface area (Å²) in [5.41, 5.74) is 0.442. The number of hydrogen-bond donors (Lipinski definition) is 1. The van der Waals surface area contributed by atoms with Crippen LogP contribution in [-0.4, -0.2) is 33.2 Å². The Labute approximate surface area is 105 Å². The van der Waals surface area contributed by atoms with E-state index in [4.69, 9.17) is 0 Å². The quantitative estimate of drug-likeness (QED) is 0.870. The molecule has 0 unspecified atom stereocenters. The first-order valence-corrected chi connectivity index (χ1v) is 7.27. The van der Waals surface area contributed by atoms with Gasteiger partial charge in [0.25, 0.3) is 0 Å². The average Bonchev–Trinajstić information content (AvgIpc) is 2.56. The summed E-state index contributed by atoms with van der Waals surface area (Å²) >= 11 is 0. The first kappa shape index (κ1) is 13.0. The molecule has 1 N–H and O–H groups in total. The van der Waals surface area contributed by atoms with E-state index in [0.717, 1.165) is 6.26 Å². The molecule has 1 atom stereocenters. The molecule has 1 amide bonds. The summed E-state index contributed by atoms with van der Waals surface area (Å²) in [7, 11) is -3.35. The Morgan fingerprint density at radius 2 is 2.17 bits per heavy atom. The van der Waals surface area contributed by atoms with Crippen LogP contribution in [0, 0.1) is 5.82 Å². The number of rotatable bonds is 3. The Morgan fingerprint density at radius 1 is 1.44 bits per heavy atom. The van der Waals surface area contributed by atoms with Crippen molar-refractivity contribution >= 4 is 21.6 Å². The number of anilines is 1. The second kappa shape index (κ2) is 4.66. The van der Waals surface area contributed by atoms with Gasteiger partial charge in [0, 0.05) is 24.7 Å². The highest BCUT2D eigenvalue weighted by atomic mass is 32.2. The van der Waals surface area contributed by atoms with Crippen LogP contribution in [0.2, 0.25) is 0 Å². The Kier molecular flexibility index (Phi) is 3.36. The molecule has 0 bridgehead atoms. The van der Waals surface area contributed by atoms with Crippen LogP contribution in [0.15, 0.2) is 24.3 Å². The minimum atomic E-state index is -3.35. The molecule has 2 rings (SSSR count). The van der Waals surface area contributed by atoms with Crippen molar-refractivity contribution in [1.29, 1.82) is 0 Å². The highest BCUT2D eigenvalue weighted by Crippen LogP contribution is 2.22. The minimum Gasteiger partial charge on any atom is -0.311 e. The first-order chi connectivity index (χ1) is 8.35. The SMILES string of the molecule is CS(=O)(=O)N[C@H]1CC(=O)N(c2cccc(F)c2)C1. The second-order valence-electron chi connectivity index (χ2n) is 4.28. The van der Waals surface area contributed by atoms with Crippen LogP contribution in [0.3, 0.4) is 0 Å². The lowest BCUT2D eigenvalue weighted by Crippen LogP contribution is -2.36. The topological polar surface area (TPSA) is 66.5 Å². The van der Waals surface area contributed by atoms with Gasteiger partial charge in [-0.05, 0) is 18.2 Å². The number of carbonyl (C=O) groups excluding carboxylic acids is 1. The maximum Gasteiger partial charge on any atom is 0.228 e. The van der Waals surface area contributed by atoms with Crippen molar-refractivity contribution in [3.05, 3.63) is 30.1 Å². The van der Waals surface area contributed by atoms with Crippen LogP contribution in [-0.2, 0) is 14.8 Å². The number of nitrogens with one attached hydrogen (secondary N) is 1. The largest absolute Gasteiger partial charge is 0.311 e. The molecule has 1 aliphatic rings. The van der Waals surface area contributed by atoms with Crippen molar-refractivity contribution in [2.75, 3.05) is 17.7 Å². The van der Waals surface area contributed by atoms with E-state index >= 15 is 0 Å². The smallest absolute Gasteiger partial charge is 0.228 e. The van der Waals surface area contributed by atoms with Crippen molar-refractivity contribution < 1.29 is 17.6 Å². The molecular weight excluding hydrogens is 259 g/mol. The summed E-state index contributed by atoms with van der Waals surface area (Å²) in [6.07, 6.45) is 1.13. The van der Waals surface area contributed by atoms with Crippen molar-refractivity contribution in [2.45, 2.75) is 12.5 Å². The molecule has 0 radical (unpaired) electrons. The zero-order chi connectivity index (χ0) is 13.3. The molecule has 1 fully saturated rings. The Hall–Kier alpha value is -1.47. The minimum absolute atomic E-state index is 0.0869. The van der Waals surface area contributed by atoms with E-state index in [9.17, 15) is 17.6 Å². The molecule has 1 aromatic rings. The van der Waals surface area contributed by atoms with Gasteiger partial charge in [-0.3, -0.25) is 4.79 Å². The molecule has 5 nitrogen and oxygen atoms in total. The van der Waals surface area contributed by atoms with Crippen LogP contribution in [0.25, 0.3) is 0 Å². The Bertz CT molecular complexity index is 573. The van der Waals surface area contributed by atoms with Crippen LogP contribution in [0.1, 0.15) is 6.42 Å². The molecule has 1 heterocycles. The van der Waals surface area contributed by atoms with Gasteiger partial charge in [-0.2, -0.15) is 0 Å². The Morgan fingerprint density at radius 3 is 2.78 bits per heavy atom. The summed E-state index contributed by atoms with van der Waals surface area (Å²) in [4.78, 5) is 13.1. The number of benzene rings is 1. The highest BCUT2D eigenvalue weighted by molar-refractivity contribution is 7.88. The normalized spacial score (nSPS) is 20.4. The molecule has 0 aromatic heterocycles. The van der Waals surface area contributed by atoms with Crippen molar-refractivity contribution in [3.8, 4) is 0 Å². The van der Waals surface area contributed by atoms with Crippen molar-refractivity contribution in [1.82, 2.24) is 4.72 Å². The lowest BCUT2D eigenvalue weighted by Gasteiger charge is -2.16. The first-order valence-electron chi connectivity index (χ1n) is 5.38. The van der Waals surface area contributed by atoms with E-state index in [2.05, 4.69) is 4.72 Å². The monoisotopic (exact) mass is 272 g/mol. The third-order valence-corrected chi connectivity index (χ3v) is 3.39. The second-order valence-corrected chi connectivity index (χ2v) is 6.06. The van der Waals surface area contributed by atoms with E-state index in [1.165, 1.54) is 23.1 Å². The van der Waals surface area contributed by atoms with Crippen molar-refractivity contribution in [2.24, 2.45) is 0 Å². The third-order valence-electron chi connectivity index (χ3n) is 2.63. The van der Waals surface area contributed by atoms with Gasteiger partial charge in [-0.15, -0.1) is 0 Å². The van der Waals surface area contributed by atoms with Gasteiger partial charge in [0.1, 0.15) is 5.82 Å². The molecule has 7 heteroatoms. The van der Waals surface area contributed by atoms with Gasteiger partial charge < -0.3 is 4.90 Å². The number of amides is 1. The molecule has 1 aliphatic heterocycles. The summed E-state index contributed by atoms with van der Waals surface area (Å²) in [6, 6.07) is 5.20. The van der Waals surface area contributed by atoms with Gasteiger partial charge in [-0.1, -0.05) is 6.07 Å². The van der Waals surface area contributed by atoms with Gasteiger partial charge in [0.05, 0.1) is 6.26 Å². The lowest BCUT2D eigenvalue weighted by molar-refractivity contribution is -0.117. The number of hydrogen-bond acceptors (Lipinski definition) is 3.